The predicted molar refractivity (Wildman–Crippen MR) is 32.6 cm³/mol. The number of rotatable bonds is 3. The summed E-state index contributed by atoms with van der Waals surface area (Å²) >= 11 is 2.94. The number of carbonyl (C=O) groups excluding carboxylic acids is 1. The first-order chi connectivity index (χ1) is 3.68. The third-order valence-electron chi connectivity index (χ3n) is 0.798. The molecule has 0 N–H and O–H groups in total. The molecule has 1 atom stereocenters. The Morgan fingerprint density at radius 1 is 1.78 bits per heavy atom. The number of hydrogen-bond donors (Lipinski definition) is 0. The maximum Gasteiger partial charge on any atom is 1.00 e. The Morgan fingerprint density at radius 2 is 2.22 bits per heavy atom. The first-order valence-corrected chi connectivity index (χ1v) is 3.45. The number of carboxylic acids is 1. The van der Waals surface area contributed by atoms with Gasteiger partial charge in [0, 0.05) is 0 Å². The van der Waals surface area contributed by atoms with Crippen LogP contribution in [0.3, 0.4) is 0 Å². The van der Waals surface area contributed by atoms with Gasteiger partial charge in [0.2, 0.25) is 0 Å². The molecule has 0 aromatic heterocycles. The topological polar surface area (TPSA) is 40.1 Å². The molecule has 0 spiro atoms. The number of carboxylic acid groups (broad SMARTS) is 1. The van der Waals surface area contributed by atoms with Crippen molar-refractivity contribution in [3.05, 3.63) is 0 Å². The van der Waals surface area contributed by atoms with E-state index in [2.05, 4.69) is 15.9 Å². The van der Waals surface area contributed by atoms with Gasteiger partial charge in [-0.05, 0) is 6.42 Å². The Balaban J connectivity index is 0. The molecule has 48 valence electrons. The maximum absolute atomic E-state index is 9.93. The molecule has 0 rings (SSSR count). The van der Waals surface area contributed by atoms with Gasteiger partial charge in [0.05, 0.1) is 10.8 Å². The normalized spacial score (nSPS) is 11.8. The number of alkyl halides is 1. The van der Waals surface area contributed by atoms with Crippen molar-refractivity contribution in [2.45, 2.75) is 24.6 Å². The minimum atomic E-state index is -1.02. The molecule has 0 aromatic rings. The molecule has 9 heavy (non-hydrogen) atoms. The van der Waals surface area contributed by atoms with E-state index in [0.29, 0.717) is 6.42 Å². The standard InChI is InChI=1S/C5H9BrO2.Li/c1-2-3-4(6)5(7)8;/h4H,2-3H2,1H3,(H,7,8);/q;+1/p-1. The van der Waals surface area contributed by atoms with Crippen molar-refractivity contribution in [2.75, 3.05) is 0 Å². The monoisotopic (exact) mass is 186 g/mol. The fourth-order valence-electron chi connectivity index (χ4n) is 0.371. The Labute approximate surface area is 75.3 Å². The summed E-state index contributed by atoms with van der Waals surface area (Å²) in [4.78, 5) is 9.47. The van der Waals surface area contributed by atoms with Gasteiger partial charge >= 0.3 is 18.9 Å². The van der Waals surface area contributed by atoms with Gasteiger partial charge in [-0.2, -0.15) is 0 Å². The molecule has 0 saturated carbocycles. The average Bonchev–Trinajstić information content (AvgIpc) is 1.67. The number of halogens is 1. The fraction of sp³-hybridized carbons (Fsp3) is 0.800. The van der Waals surface area contributed by atoms with Crippen molar-refractivity contribution < 1.29 is 28.8 Å². The van der Waals surface area contributed by atoms with Gasteiger partial charge in [0.25, 0.3) is 0 Å². The quantitative estimate of drug-likeness (QED) is 0.356. The van der Waals surface area contributed by atoms with Crippen LogP contribution in [-0.4, -0.2) is 10.8 Å². The van der Waals surface area contributed by atoms with Crippen molar-refractivity contribution in [1.82, 2.24) is 0 Å². The average molecular weight is 187 g/mol. The second-order valence-electron chi connectivity index (χ2n) is 1.58. The van der Waals surface area contributed by atoms with Crippen LogP contribution in [0.2, 0.25) is 0 Å². The summed E-state index contributed by atoms with van der Waals surface area (Å²) in [6.45, 7) is 1.93. The van der Waals surface area contributed by atoms with Crippen molar-refractivity contribution in [3.63, 3.8) is 0 Å². The van der Waals surface area contributed by atoms with Crippen LogP contribution in [-0.2, 0) is 4.79 Å². The molecule has 0 aliphatic carbocycles. The minimum absolute atomic E-state index is 0. The molecule has 0 aliphatic heterocycles. The molecule has 4 heteroatoms. The van der Waals surface area contributed by atoms with Crippen molar-refractivity contribution in [3.8, 4) is 0 Å². The summed E-state index contributed by atoms with van der Waals surface area (Å²) in [6.07, 6.45) is 1.51. The summed E-state index contributed by atoms with van der Waals surface area (Å²) in [5.74, 6) is -1.02. The van der Waals surface area contributed by atoms with Crippen LogP contribution >= 0.6 is 15.9 Å². The van der Waals surface area contributed by atoms with Crippen LogP contribution in [0.4, 0.5) is 0 Å². The second-order valence-corrected chi connectivity index (χ2v) is 2.68. The number of hydrogen-bond acceptors (Lipinski definition) is 2. The predicted octanol–water partition coefficient (Wildman–Crippen LogP) is -2.70. The van der Waals surface area contributed by atoms with Gasteiger partial charge in [-0.25, -0.2) is 0 Å². The molecular formula is C5H8BrLiO2. The van der Waals surface area contributed by atoms with E-state index < -0.39 is 10.8 Å². The van der Waals surface area contributed by atoms with Crippen molar-refractivity contribution in [2.24, 2.45) is 0 Å². The third kappa shape index (κ3) is 6.43. The molecular weight excluding hydrogens is 179 g/mol. The van der Waals surface area contributed by atoms with E-state index in [-0.39, 0.29) is 18.9 Å². The minimum Gasteiger partial charge on any atom is -0.549 e. The zero-order valence-electron chi connectivity index (χ0n) is 5.69. The van der Waals surface area contributed by atoms with Crippen molar-refractivity contribution in [1.29, 1.82) is 0 Å². The van der Waals surface area contributed by atoms with E-state index in [1.165, 1.54) is 0 Å². The summed E-state index contributed by atoms with van der Waals surface area (Å²) in [5, 5.41) is 9.93. The van der Waals surface area contributed by atoms with Crippen LogP contribution < -0.4 is 24.0 Å². The van der Waals surface area contributed by atoms with E-state index in [9.17, 15) is 9.90 Å². The van der Waals surface area contributed by atoms with Crippen LogP contribution in [0.15, 0.2) is 0 Å². The first-order valence-electron chi connectivity index (χ1n) is 2.53. The summed E-state index contributed by atoms with van der Waals surface area (Å²) in [5.41, 5.74) is 0. The fourth-order valence-corrected chi connectivity index (χ4v) is 0.829. The smallest absolute Gasteiger partial charge is 0.549 e. The third-order valence-corrected chi connectivity index (χ3v) is 1.63. The zero-order valence-corrected chi connectivity index (χ0v) is 7.27. The van der Waals surface area contributed by atoms with E-state index in [1.807, 2.05) is 6.92 Å². The van der Waals surface area contributed by atoms with Crippen LogP contribution in [0.5, 0.6) is 0 Å². The SMILES string of the molecule is CCCC(Br)C(=O)[O-].[Li+]. The van der Waals surface area contributed by atoms with Gasteiger partial charge in [-0.15, -0.1) is 0 Å². The number of aliphatic carboxylic acids is 1. The second kappa shape index (κ2) is 6.66. The van der Waals surface area contributed by atoms with Gasteiger partial charge in [-0.3, -0.25) is 0 Å². The van der Waals surface area contributed by atoms with Crippen LogP contribution in [0.25, 0.3) is 0 Å². The van der Waals surface area contributed by atoms with E-state index in [0.717, 1.165) is 6.42 Å². The molecule has 0 aliphatic rings. The molecule has 2 nitrogen and oxygen atoms in total. The Morgan fingerprint density at radius 3 is 2.33 bits per heavy atom. The summed E-state index contributed by atoms with van der Waals surface area (Å²) in [6, 6.07) is 0. The van der Waals surface area contributed by atoms with Gasteiger partial charge in [0.1, 0.15) is 0 Å². The van der Waals surface area contributed by atoms with E-state index >= 15 is 0 Å². The van der Waals surface area contributed by atoms with Gasteiger partial charge in [-0.1, -0.05) is 29.3 Å². The molecule has 0 saturated heterocycles. The molecule has 1 unspecified atom stereocenters. The van der Waals surface area contributed by atoms with Crippen LogP contribution in [0, 0.1) is 0 Å². The van der Waals surface area contributed by atoms with Gasteiger partial charge in [0.15, 0.2) is 0 Å². The zero-order chi connectivity index (χ0) is 6.57. The molecule has 0 amide bonds. The van der Waals surface area contributed by atoms with E-state index in [1.54, 1.807) is 0 Å². The Kier molecular flexibility index (Phi) is 9.07. The summed E-state index contributed by atoms with van der Waals surface area (Å²) < 4.78 is 0. The molecule has 0 fully saturated rings. The molecule has 0 heterocycles. The Bertz CT molecular complexity index is 87.0. The molecule has 0 bridgehead atoms. The van der Waals surface area contributed by atoms with Crippen molar-refractivity contribution >= 4 is 21.9 Å². The van der Waals surface area contributed by atoms with E-state index in [4.69, 9.17) is 0 Å². The maximum atomic E-state index is 9.93. The molecule has 0 aromatic carbocycles. The number of carbonyl (C=O) groups is 1. The molecule has 0 radical (unpaired) electrons. The summed E-state index contributed by atoms with van der Waals surface area (Å²) in [7, 11) is 0. The van der Waals surface area contributed by atoms with Gasteiger partial charge < -0.3 is 9.90 Å². The largest absolute Gasteiger partial charge is 1.00 e. The van der Waals surface area contributed by atoms with Crippen LogP contribution in [0.1, 0.15) is 19.8 Å². The Hall–Kier alpha value is 0.547. The first kappa shape index (κ1) is 12.2.